The van der Waals surface area contributed by atoms with Crippen LogP contribution in [0.3, 0.4) is 0 Å². The van der Waals surface area contributed by atoms with E-state index in [-0.39, 0.29) is 0 Å². The van der Waals surface area contributed by atoms with E-state index in [1.807, 2.05) is 12.1 Å². The lowest BCUT2D eigenvalue weighted by Gasteiger charge is -2.20. The summed E-state index contributed by atoms with van der Waals surface area (Å²) >= 11 is 0. The van der Waals surface area contributed by atoms with Crippen LogP contribution in [0.5, 0.6) is 0 Å². The van der Waals surface area contributed by atoms with Crippen molar-refractivity contribution in [1.82, 2.24) is 8.61 Å². The molecule has 9 nitrogen and oxygen atoms in total. The molecule has 0 aromatic heterocycles. The van der Waals surface area contributed by atoms with Crippen LogP contribution < -0.4 is 10.2 Å². The molecule has 2 saturated heterocycles. The van der Waals surface area contributed by atoms with Gasteiger partial charge in [0.05, 0.1) is 9.79 Å². The van der Waals surface area contributed by atoms with Gasteiger partial charge in [-0.1, -0.05) is 25.7 Å². The summed E-state index contributed by atoms with van der Waals surface area (Å²) in [6.45, 7) is 4.09. The number of nitrogens with one attached hydrogen (secondary N) is 1. The number of rotatable bonds is 5. The average molecular weight is 589 g/mol. The number of anilines is 2. The summed E-state index contributed by atoms with van der Waals surface area (Å²) in [6.07, 6.45) is 10.7. The minimum absolute atomic E-state index is 0.357. The van der Waals surface area contributed by atoms with E-state index in [9.17, 15) is 21.6 Å². The molecular formula is C29H40N4O5S2. The summed E-state index contributed by atoms with van der Waals surface area (Å²) < 4.78 is 54.0. The van der Waals surface area contributed by atoms with Crippen LogP contribution in [0.1, 0.15) is 62.5 Å². The van der Waals surface area contributed by atoms with Crippen LogP contribution in [-0.2, 0) is 37.7 Å². The molecule has 1 amide bonds. The van der Waals surface area contributed by atoms with Gasteiger partial charge in [0.1, 0.15) is 0 Å². The van der Waals surface area contributed by atoms with Gasteiger partial charge in [-0.3, -0.25) is 4.79 Å². The number of carbonyl (C=O) groups is 1. The van der Waals surface area contributed by atoms with Gasteiger partial charge in [-0.25, -0.2) is 16.8 Å². The van der Waals surface area contributed by atoms with Crippen molar-refractivity contribution in [2.45, 2.75) is 74.0 Å². The molecule has 4 aliphatic rings. The number of sulfonamides is 2. The lowest BCUT2D eigenvalue weighted by atomic mass is 10.2. The number of nitrogens with zero attached hydrogens (tertiary/aromatic N) is 3. The topological polar surface area (TPSA) is 107 Å². The SMILES string of the molecule is O=CN1CCc2cc(S(=O)(=O)N3CCCCCC3)ccc21.O=S(=O)(c1ccc2c(c1)CCN2)N1CCCCCC1. The Morgan fingerprint density at radius 3 is 1.70 bits per heavy atom. The maximum absolute atomic E-state index is 12.7. The Morgan fingerprint density at radius 2 is 1.15 bits per heavy atom. The summed E-state index contributed by atoms with van der Waals surface area (Å²) in [4.78, 5) is 13.4. The minimum Gasteiger partial charge on any atom is -0.384 e. The maximum Gasteiger partial charge on any atom is 0.243 e. The highest BCUT2D eigenvalue weighted by molar-refractivity contribution is 7.89. The Bertz CT molecular complexity index is 1410. The van der Waals surface area contributed by atoms with Crippen LogP contribution in [-0.4, -0.2) is 71.1 Å². The van der Waals surface area contributed by atoms with Gasteiger partial charge in [-0.05, 0) is 86.1 Å². The number of hydrogen-bond acceptors (Lipinski definition) is 6. The number of amides is 1. The highest BCUT2D eigenvalue weighted by Crippen LogP contribution is 2.31. The quantitative estimate of drug-likeness (QED) is 0.530. The molecule has 0 atom stereocenters. The molecule has 4 aliphatic heterocycles. The molecule has 0 saturated carbocycles. The van der Waals surface area contributed by atoms with Crippen molar-refractivity contribution in [2.24, 2.45) is 0 Å². The zero-order valence-corrected chi connectivity index (χ0v) is 24.7. The summed E-state index contributed by atoms with van der Waals surface area (Å²) in [5, 5.41) is 3.26. The summed E-state index contributed by atoms with van der Waals surface area (Å²) in [5.41, 5.74) is 3.98. The molecule has 2 fully saturated rings. The first-order valence-electron chi connectivity index (χ1n) is 14.5. The first-order chi connectivity index (χ1) is 19.3. The molecule has 0 spiro atoms. The molecule has 4 heterocycles. The Labute approximate surface area is 238 Å². The molecule has 218 valence electrons. The highest BCUT2D eigenvalue weighted by Gasteiger charge is 2.28. The fourth-order valence-electron chi connectivity index (χ4n) is 5.98. The van der Waals surface area contributed by atoms with Gasteiger partial charge in [0.15, 0.2) is 0 Å². The van der Waals surface area contributed by atoms with Crippen LogP contribution in [0.2, 0.25) is 0 Å². The predicted molar refractivity (Wildman–Crippen MR) is 157 cm³/mol. The number of fused-ring (bicyclic) bond motifs is 2. The van der Waals surface area contributed by atoms with Gasteiger partial charge < -0.3 is 10.2 Å². The second kappa shape index (κ2) is 12.6. The lowest BCUT2D eigenvalue weighted by Crippen LogP contribution is -2.32. The molecule has 2 aromatic rings. The number of hydrogen-bond donors (Lipinski definition) is 1. The smallest absolute Gasteiger partial charge is 0.243 e. The molecule has 0 bridgehead atoms. The van der Waals surface area contributed by atoms with Crippen LogP contribution in [0.4, 0.5) is 11.4 Å². The van der Waals surface area contributed by atoms with E-state index in [2.05, 4.69) is 5.32 Å². The van der Waals surface area contributed by atoms with Gasteiger partial charge in [0.25, 0.3) is 0 Å². The fourth-order valence-corrected chi connectivity index (χ4v) is 9.11. The zero-order chi connectivity index (χ0) is 28.2. The summed E-state index contributed by atoms with van der Waals surface area (Å²) in [7, 11) is -6.71. The van der Waals surface area contributed by atoms with Crippen LogP contribution >= 0.6 is 0 Å². The van der Waals surface area contributed by atoms with E-state index in [4.69, 9.17) is 0 Å². The lowest BCUT2D eigenvalue weighted by molar-refractivity contribution is -0.107. The first-order valence-corrected chi connectivity index (χ1v) is 17.4. The first kappa shape index (κ1) is 29.0. The standard InChI is InChI=1S/C15H20N2O3S.C14H20N2O2S/c18-12-16-10-7-13-11-14(5-6-15(13)16)21(19,20)17-8-3-1-2-4-9-17;17-19(18,16-9-3-1-2-4-10-16)13-5-6-14-12(11-13)7-8-15-14/h5-6,11-12H,1-4,7-10H2;5-6,11,15H,1-4,7-10H2. The second-order valence-corrected chi connectivity index (χ2v) is 14.8. The van der Waals surface area contributed by atoms with E-state index in [1.165, 1.54) is 0 Å². The van der Waals surface area contributed by atoms with E-state index < -0.39 is 20.0 Å². The van der Waals surface area contributed by atoms with Crippen molar-refractivity contribution in [3.63, 3.8) is 0 Å². The normalized spacial score (nSPS) is 20.4. The van der Waals surface area contributed by atoms with E-state index in [0.29, 0.717) is 42.5 Å². The van der Waals surface area contributed by atoms with E-state index in [0.717, 1.165) is 99.7 Å². The minimum atomic E-state index is -3.40. The highest BCUT2D eigenvalue weighted by atomic mass is 32.2. The van der Waals surface area contributed by atoms with E-state index in [1.54, 1.807) is 37.8 Å². The Kier molecular flexibility index (Phi) is 9.14. The number of carbonyl (C=O) groups excluding carboxylic acids is 1. The van der Waals surface area contributed by atoms with Crippen molar-refractivity contribution in [1.29, 1.82) is 0 Å². The number of benzene rings is 2. The molecule has 6 rings (SSSR count). The van der Waals surface area contributed by atoms with Crippen molar-refractivity contribution < 1.29 is 21.6 Å². The zero-order valence-electron chi connectivity index (χ0n) is 23.1. The molecular weight excluding hydrogens is 548 g/mol. The Balaban J connectivity index is 0.000000162. The van der Waals surface area contributed by atoms with Crippen molar-refractivity contribution in [3.05, 3.63) is 47.5 Å². The molecule has 2 aromatic carbocycles. The third kappa shape index (κ3) is 6.22. The largest absolute Gasteiger partial charge is 0.384 e. The molecule has 0 aliphatic carbocycles. The van der Waals surface area contributed by atoms with E-state index >= 15 is 0 Å². The Morgan fingerprint density at radius 1 is 0.625 bits per heavy atom. The van der Waals surface area contributed by atoms with Crippen molar-refractivity contribution >= 4 is 37.8 Å². The monoisotopic (exact) mass is 588 g/mol. The van der Waals surface area contributed by atoms with Gasteiger partial charge in [-0.15, -0.1) is 0 Å². The second-order valence-electron chi connectivity index (χ2n) is 11.0. The molecule has 11 heteroatoms. The Hall–Kier alpha value is -2.47. The van der Waals surface area contributed by atoms with Crippen LogP contribution in [0.25, 0.3) is 0 Å². The third-order valence-electron chi connectivity index (χ3n) is 8.30. The third-order valence-corrected chi connectivity index (χ3v) is 12.1. The molecule has 0 unspecified atom stereocenters. The average Bonchev–Trinajstić information content (AvgIpc) is 3.36. The maximum atomic E-state index is 12.7. The van der Waals surface area contributed by atoms with Gasteiger partial charge in [0.2, 0.25) is 26.5 Å². The summed E-state index contributed by atoms with van der Waals surface area (Å²) in [6, 6.07) is 10.6. The van der Waals surface area contributed by atoms with Gasteiger partial charge in [-0.2, -0.15) is 8.61 Å². The van der Waals surface area contributed by atoms with Crippen LogP contribution in [0, 0.1) is 0 Å². The van der Waals surface area contributed by atoms with Crippen molar-refractivity contribution in [2.75, 3.05) is 49.5 Å². The molecule has 40 heavy (non-hydrogen) atoms. The molecule has 1 N–H and O–H groups in total. The molecule has 0 radical (unpaired) electrons. The fraction of sp³-hybridized carbons (Fsp3) is 0.552. The predicted octanol–water partition coefficient (Wildman–Crippen LogP) is 3.99. The van der Waals surface area contributed by atoms with Crippen molar-refractivity contribution in [3.8, 4) is 0 Å². The van der Waals surface area contributed by atoms with Gasteiger partial charge in [0, 0.05) is 50.6 Å². The summed E-state index contributed by atoms with van der Waals surface area (Å²) in [5.74, 6) is 0. The van der Waals surface area contributed by atoms with Gasteiger partial charge >= 0.3 is 0 Å². The van der Waals surface area contributed by atoms with Crippen LogP contribution in [0.15, 0.2) is 46.2 Å².